The van der Waals surface area contributed by atoms with E-state index in [-0.39, 0.29) is 11.7 Å². The number of allylic oxidation sites excluding steroid dienone is 1. The first kappa shape index (κ1) is 22.4. The number of nitrogens with one attached hydrogen (secondary N) is 1. The summed E-state index contributed by atoms with van der Waals surface area (Å²) in [5.41, 5.74) is 3.50. The van der Waals surface area contributed by atoms with E-state index in [1.165, 1.54) is 37.2 Å². The van der Waals surface area contributed by atoms with Gasteiger partial charge in [0.25, 0.3) is 5.91 Å². The van der Waals surface area contributed by atoms with Gasteiger partial charge in [-0.1, -0.05) is 42.6 Å². The number of halogens is 1. The Hall–Kier alpha value is -2.84. The fourth-order valence-electron chi connectivity index (χ4n) is 3.68. The fraction of sp³-hybridized carbons (Fsp3) is 0.304. The van der Waals surface area contributed by atoms with Crippen LogP contribution in [0.1, 0.15) is 43.9 Å². The van der Waals surface area contributed by atoms with Gasteiger partial charge in [-0.25, -0.2) is 5.43 Å². The van der Waals surface area contributed by atoms with Crippen LogP contribution < -0.4 is 5.43 Å². The smallest absolute Gasteiger partial charge is 0.250 e. The van der Waals surface area contributed by atoms with E-state index in [1.54, 1.807) is 24.5 Å². The highest BCUT2D eigenvalue weighted by Crippen LogP contribution is 2.35. The molecule has 4 rings (SSSR count). The Kier molecular flexibility index (Phi) is 7.79. The van der Waals surface area contributed by atoms with Crippen LogP contribution in [-0.4, -0.2) is 32.6 Å². The number of thioether (sulfide) groups is 1. The molecule has 0 aliphatic heterocycles. The Morgan fingerprint density at radius 3 is 2.78 bits per heavy atom. The summed E-state index contributed by atoms with van der Waals surface area (Å²) in [6.45, 7) is 0. The van der Waals surface area contributed by atoms with Crippen molar-refractivity contribution in [2.24, 2.45) is 5.10 Å². The Morgan fingerprint density at radius 2 is 2.03 bits per heavy atom. The second-order valence-electron chi connectivity index (χ2n) is 7.45. The average molecular weight is 470 g/mol. The molecule has 32 heavy (non-hydrogen) atoms. The van der Waals surface area contributed by atoms with Crippen molar-refractivity contribution >= 4 is 41.6 Å². The maximum Gasteiger partial charge on any atom is 0.250 e. The molecule has 0 radical (unpaired) electrons. The first-order valence-corrected chi connectivity index (χ1v) is 11.9. The SMILES string of the molecule is O=C(CSc1nnc(-c2ccc(Cl)cc2)n1C1CCCCC1)N/N=C\C=C\c1ccco1. The number of hydrazone groups is 1. The lowest BCUT2D eigenvalue weighted by molar-refractivity contribution is -0.118. The molecule has 7 nitrogen and oxygen atoms in total. The quantitative estimate of drug-likeness (QED) is 0.263. The van der Waals surface area contributed by atoms with E-state index < -0.39 is 0 Å². The van der Waals surface area contributed by atoms with Crippen molar-refractivity contribution in [2.45, 2.75) is 43.3 Å². The van der Waals surface area contributed by atoms with Crippen molar-refractivity contribution < 1.29 is 9.21 Å². The van der Waals surface area contributed by atoms with E-state index in [0.29, 0.717) is 11.1 Å². The zero-order valence-electron chi connectivity index (χ0n) is 17.5. The van der Waals surface area contributed by atoms with Gasteiger partial charge in [0.1, 0.15) is 5.76 Å². The van der Waals surface area contributed by atoms with Crippen LogP contribution in [0.25, 0.3) is 17.5 Å². The molecule has 1 aliphatic carbocycles. The van der Waals surface area contributed by atoms with Crippen LogP contribution in [0.2, 0.25) is 5.02 Å². The highest BCUT2D eigenvalue weighted by atomic mass is 35.5. The summed E-state index contributed by atoms with van der Waals surface area (Å²) >= 11 is 7.43. The molecule has 1 amide bonds. The minimum atomic E-state index is -0.205. The molecular weight excluding hydrogens is 446 g/mol. The van der Waals surface area contributed by atoms with Crippen LogP contribution in [0.15, 0.2) is 63.4 Å². The van der Waals surface area contributed by atoms with Crippen LogP contribution in [-0.2, 0) is 4.79 Å². The number of aromatic nitrogens is 3. The molecule has 1 aliphatic rings. The molecular formula is C23H24ClN5O2S. The molecule has 2 aromatic heterocycles. The molecule has 1 aromatic carbocycles. The molecule has 0 unspecified atom stereocenters. The molecule has 166 valence electrons. The molecule has 0 atom stereocenters. The zero-order valence-corrected chi connectivity index (χ0v) is 19.1. The van der Waals surface area contributed by atoms with Crippen molar-refractivity contribution in [1.29, 1.82) is 0 Å². The van der Waals surface area contributed by atoms with Crippen LogP contribution in [0, 0.1) is 0 Å². The highest BCUT2D eigenvalue weighted by Gasteiger charge is 2.24. The lowest BCUT2D eigenvalue weighted by Gasteiger charge is -2.25. The molecule has 1 N–H and O–H groups in total. The fourth-order valence-corrected chi connectivity index (χ4v) is 4.60. The van der Waals surface area contributed by atoms with E-state index in [4.69, 9.17) is 16.0 Å². The van der Waals surface area contributed by atoms with Gasteiger partial charge in [-0.3, -0.25) is 9.36 Å². The number of rotatable bonds is 8. The number of hydrogen-bond acceptors (Lipinski definition) is 6. The van der Waals surface area contributed by atoms with Gasteiger partial charge in [0, 0.05) is 22.8 Å². The van der Waals surface area contributed by atoms with E-state index in [2.05, 4.69) is 25.3 Å². The van der Waals surface area contributed by atoms with Gasteiger partial charge >= 0.3 is 0 Å². The molecule has 3 aromatic rings. The molecule has 2 heterocycles. The predicted octanol–water partition coefficient (Wildman–Crippen LogP) is 5.60. The van der Waals surface area contributed by atoms with Crippen molar-refractivity contribution in [3.05, 3.63) is 59.5 Å². The number of benzene rings is 1. The normalized spacial score (nSPS) is 15.0. The topological polar surface area (TPSA) is 85.3 Å². The van der Waals surface area contributed by atoms with Crippen LogP contribution in [0.4, 0.5) is 0 Å². The van der Waals surface area contributed by atoms with Crippen LogP contribution in [0.5, 0.6) is 0 Å². The Bertz CT molecular complexity index is 1070. The molecule has 0 spiro atoms. The lowest BCUT2D eigenvalue weighted by Crippen LogP contribution is -2.20. The second kappa shape index (κ2) is 11.2. The molecule has 9 heteroatoms. The van der Waals surface area contributed by atoms with Gasteiger partial charge in [0.15, 0.2) is 11.0 Å². The van der Waals surface area contributed by atoms with E-state index >= 15 is 0 Å². The monoisotopic (exact) mass is 469 g/mol. The third-order valence-electron chi connectivity index (χ3n) is 5.19. The van der Waals surface area contributed by atoms with E-state index in [1.807, 2.05) is 30.3 Å². The van der Waals surface area contributed by atoms with Gasteiger partial charge in [0.05, 0.1) is 12.0 Å². The standard InChI is InChI=1S/C23H24ClN5O2S/c24-18-12-10-17(11-13-18)22-27-28-23(29(22)19-6-2-1-3-7-19)32-16-21(30)26-25-14-4-8-20-9-5-15-31-20/h4-5,8-15,19H,1-3,6-7,16H2,(H,26,30)/b8-4+,25-14-. The van der Waals surface area contributed by atoms with Crippen molar-refractivity contribution in [2.75, 3.05) is 5.75 Å². The summed E-state index contributed by atoms with van der Waals surface area (Å²) < 4.78 is 7.38. The Balaban J connectivity index is 1.41. The first-order chi connectivity index (χ1) is 15.7. The van der Waals surface area contributed by atoms with Gasteiger partial charge in [-0.2, -0.15) is 5.10 Å². The largest absolute Gasteiger partial charge is 0.465 e. The number of carbonyl (C=O) groups is 1. The van der Waals surface area contributed by atoms with E-state index in [0.717, 1.165) is 35.1 Å². The summed E-state index contributed by atoms with van der Waals surface area (Å²) in [5.74, 6) is 1.53. The number of nitrogens with zero attached hydrogens (tertiary/aromatic N) is 4. The van der Waals surface area contributed by atoms with Gasteiger partial charge < -0.3 is 4.42 Å². The number of amides is 1. The third-order valence-corrected chi connectivity index (χ3v) is 6.39. The summed E-state index contributed by atoms with van der Waals surface area (Å²) in [5, 5.41) is 14.2. The lowest BCUT2D eigenvalue weighted by atomic mass is 9.95. The molecule has 1 saturated carbocycles. The third kappa shape index (κ3) is 5.89. The van der Waals surface area contributed by atoms with Crippen LogP contribution in [0.3, 0.4) is 0 Å². The average Bonchev–Trinajstić information content (AvgIpc) is 3.48. The second-order valence-corrected chi connectivity index (χ2v) is 8.83. The molecule has 1 fully saturated rings. The van der Waals surface area contributed by atoms with E-state index in [9.17, 15) is 4.79 Å². The molecule has 0 bridgehead atoms. The predicted molar refractivity (Wildman–Crippen MR) is 128 cm³/mol. The number of hydrogen-bond donors (Lipinski definition) is 1. The zero-order chi connectivity index (χ0) is 22.2. The first-order valence-electron chi connectivity index (χ1n) is 10.6. The van der Waals surface area contributed by atoms with Crippen LogP contribution >= 0.6 is 23.4 Å². The Morgan fingerprint density at radius 1 is 1.22 bits per heavy atom. The van der Waals surface area contributed by atoms with Gasteiger partial charge in [-0.15, -0.1) is 10.2 Å². The van der Waals surface area contributed by atoms with Crippen molar-refractivity contribution in [3.63, 3.8) is 0 Å². The summed E-state index contributed by atoms with van der Waals surface area (Å²) in [7, 11) is 0. The number of carbonyl (C=O) groups excluding carboxylic acids is 1. The summed E-state index contributed by atoms with van der Waals surface area (Å²) in [6.07, 6.45) is 12.4. The summed E-state index contributed by atoms with van der Waals surface area (Å²) in [4.78, 5) is 12.2. The summed E-state index contributed by atoms with van der Waals surface area (Å²) in [6, 6.07) is 11.6. The maximum absolute atomic E-state index is 12.2. The van der Waals surface area contributed by atoms with Gasteiger partial charge in [0.2, 0.25) is 0 Å². The number of furan rings is 1. The maximum atomic E-state index is 12.2. The van der Waals surface area contributed by atoms with Crippen molar-refractivity contribution in [3.8, 4) is 11.4 Å². The minimum Gasteiger partial charge on any atom is -0.465 e. The van der Waals surface area contributed by atoms with Gasteiger partial charge in [-0.05, 0) is 61.4 Å². The minimum absolute atomic E-state index is 0.199. The molecule has 0 saturated heterocycles. The Labute approximate surface area is 195 Å². The van der Waals surface area contributed by atoms with Crippen molar-refractivity contribution in [1.82, 2.24) is 20.2 Å². The highest BCUT2D eigenvalue weighted by molar-refractivity contribution is 7.99.